The van der Waals surface area contributed by atoms with Crippen LogP contribution in [0.3, 0.4) is 0 Å². The molecule has 8 heteroatoms. The standard InChI is InChI=1S/C26H20ClN3O4/c1-14-8-10-18-19(12-14)29-26(28-18)30-22(15-6-4-3-5-7-15)21(24(32)25(30)33)23(31)17-13-16(27)9-11-20(17)34-2/h3-13,22,31H,1-2H3,(H,28,29)/b23-21+. The molecule has 1 fully saturated rings. The number of aromatic amines is 1. The van der Waals surface area contributed by atoms with Crippen molar-refractivity contribution in [1.82, 2.24) is 9.97 Å². The van der Waals surface area contributed by atoms with Crippen molar-refractivity contribution in [2.75, 3.05) is 12.0 Å². The SMILES string of the molecule is COc1ccc(Cl)cc1/C(O)=C1\C(=O)C(=O)N(c2nc3ccc(C)cc3[nH]2)C1c1ccccc1. The number of nitrogens with zero attached hydrogens (tertiary/aromatic N) is 2. The third kappa shape index (κ3) is 3.50. The summed E-state index contributed by atoms with van der Waals surface area (Å²) >= 11 is 6.16. The third-order valence-electron chi connectivity index (χ3n) is 5.83. The number of benzene rings is 3. The lowest BCUT2D eigenvalue weighted by atomic mass is 9.95. The zero-order chi connectivity index (χ0) is 24.0. The number of aliphatic hydroxyl groups excluding tert-OH is 1. The number of Topliss-reactive ketones (excluding diaryl/α,β-unsaturated/α-hetero) is 1. The van der Waals surface area contributed by atoms with Gasteiger partial charge >= 0.3 is 5.91 Å². The van der Waals surface area contributed by atoms with E-state index < -0.39 is 17.7 Å². The molecule has 2 N–H and O–H groups in total. The van der Waals surface area contributed by atoms with Crippen molar-refractivity contribution in [2.24, 2.45) is 0 Å². The molecule has 1 saturated heterocycles. The summed E-state index contributed by atoms with van der Waals surface area (Å²) in [5, 5.41) is 11.7. The van der Waals surface area contributed by atoms with Crippen molar-refractivity contribution in [2.45, 2.75) is 13.0 Å². The summed E-state index contributed by atoms with van der Waals surface area (Å²) in [5.41, 5.74) is 3.20. The summed E-state index contributed by atoms with van der Waals surface area (Å²) in [4.78, 5) is 35.6. The molecule has 1 unspecified atom stereocenters. The van der Waals surface area contributed by atoms with Crippen LogP contribution in [-0.4, -0.2) is 33.9 Å². The second-order valence-electron chi connectivity index (χ2n) is 8.01. The highest BCUT2D eigenvalue weighted by Crippen LogP contribution is 2.43. The van der Waals surface area contributed by atoms with Gasteiger partial charge in [0, 0.05) is 5.02 Å². The number of hydrogen-bond acceptors (Lipinski definition) is 5. The molecular formula is C26H20ClN3O4. The molecule has 1 amide bonds. The summed E-state index contributed by atoms with van der Waals surface area (Å²) < 4.78 is 5.37. The smallest absolute Gasteiger partial charge is 0.302 e. The Kier molecular flexibility index (Phi) is 5.34. The molecule has 2 heterocycles. The van der Waals surface area contributed by atoms with Gasteiger partial charge < -0.3 is 14.8 Å². The Morgan fingerprint density at radius 1 is 1.09 bits per heavy atom. The summed E-state index contributed by atoms with van der Waals surface area (Å²) in [6.45, 7) is 1.95. The van der Waals surface area contributed by atoms with Crippen LogP contribution in [-0.2, 0) is 9.59 Å². The Morgan fingerprint density at radius 3 is 2.59 bits per heavy atom. The molecule has 34 heavy (non-hydrogen) atoms. The van der Waals surface area contributed by atoms with Crippen molar-refractivity contribution >= 4 is 46.0 Å². The first-order valence-corrected chi connectivity index (χ1v) is 10.9. The molecule has 170 valence electrons. The van der Waals surface area contributed by atoms with Gasteiger partial charge in [0.1, 0.15) is 11.5 Å². The predicted molar refractivity (Wildman–Crippen MR) is 130 cm³/mol. The molecule has 4 aromatic rings. The van der Waals surface area contributed by atoms with Crippen molar-refractivity contribution in [1.29, 1.82) is 0 Å². The van der Waals surface area contributed by atoms with Crippen LogP contribution in [0.25, 0.3) is 16.8 Å². The van der Waals surface area contributed by atoms with E-state index >= 15 is 0 Å². The van der Waals surface area contributed by atoms with E-state index in [1.165, 1.54) is 18.1 Å². The van der Waals surface area contributed by atoms with Gasteiger partial charge in [0.15, 0.2) is 0 Å². The normalized spacial score (nSPS) is 17.5. The van der Waals surface area contributed by atoms with E-state index in [1.807, 2.05) is 31.2 Å². The highest BCUT2D eigenvalue weighted by atomic mass is 35.5. The predicted octanol–water partition coefficient (Wildman–Crippen LogP) is 5.16. The number of aromatic nitrogens is 2. The summed E-state index contributed by atoms with van der Waals surface area (Å²) in [6, 6.07) is 18.5. The number of nitrogens with one attached hydrogen (secondary N) is 1. The number of rotatable bonds is 4. The minimum absolute atomic E-state index is 0.0756. The average molecular weight is 474 g/mol. The Bertz CT molecular complexity index is 1480. The van der Waals surface area contributed by atoms with Crippen LogP contribution >= 0.6 is 11.6 Å². The van der Waals surface area contributed by atoms with Crippen LogP contribution in [0.1, 0.15) is 22.7 Å². The highest BCUT2D eigenvalue weighted by molar-refractivity contribution is 6.51. The van der Waals surface area contributed by atoms with E-state index in [2.05, 4.69) is 9.97 Å². The zero-order valence-electron chi connectivity index (χ0n) is 18.4. The fourth-order valence-electron chi connectivity index (χ4n) is 4.24. The number of halogens is 1. The van der Waals surface area contributed by atoms with Gasteiger partial charge in [-0.05, 0) is 48.4 Å². The first-order valence-electron chi connectivity index (χ1n) is 10.5. The van der Waals surface area contributed by atoms with Crippen LogP contribution < -0.4 is 9.64 Å². The first kappa shape index (κ1) is 21.7. The number of methoxy groups -OCH3 is 1. The number of fused-ring (bicyclic) bond motifs is 1. The highest BCUT2D eigenvalue weighted by Gasteiger charge is 2.48. The number of carbonyl (C=O) groups is 2. The largest absolute Gasteiger partial charge is 0.507 e. The third-order valence-corrected chi connectivity index (χ3v) is 6.06. The van der Waals surface area contributed by atoms with E-state index in [4.69, 9.17) is 16.3 Å². The number of hydrogen-bond donors (Lipinski definition) is 2. The van der Waals surface area contributed by atoms with Crippen LogP contribution in [0, 0.1) is 6.92 Å². The minimum atomic E-state index is -0.911. The molecule has 1 aliphatic heterocycles. The molecule has 0 spiro atoms. The van der Waals surface area contributed by atoms with Gasteiger partial charge in [-0.25, -0.2) is 4.98 Å². The van der Waals surface area contributed by atoms with Gasteiger partial charge in [-0.2, -0.15) is 0 Å². The number of aliphatic hydroxyl groups is 1. The van der Waals surface area contributed by atoms with E-state index in [9.17, 15) is 14.7 Å². The summed E-state index contributed by atoms with van der Waals surface area (Å²) in [6.07, 6.45) is 0. The van der Waals surface area contributed by atoms with Crippen LogP contribution in [0.5, 0.6) is 5.75 Å². The molecule has 1 aromatic heterocycles. The van der Waals surface area contributed by atoms with Gasteiger partial charge in [0.2, 0.25) is 5.95 Å². The second-order valence-corrected chi connectivity index (χ2v) is 8.44. The monoisotopic (exact) mass is 473 g/mol. The molecule has 0 bridgehead atoms. The molecule has 3 aromatic carbocycles. The Morgan fingerprint density at radius 2 is 1.85 bits per heavy atom. The zero-order valence-corrected chi connectivity index (χ0v) is 19.1. The van der Waals surface area contributed by atoms with Crippen LogP contribution in [0.4, 0.5) is 5.95 Å². The van der Waals surface area contributed by atoms with Gasteiger partial charge in [-0.1, -0.05) is 48.0 Å². The number of imidazole rings is 1. The molecule has 7 nitrogen and oxygen atoms in total. The lowest BCUT2D eigenvalue weighted by molar-refractivity contribution is -0.132. The molecule has 0 aliphatic carbocycles. The van der Waals surface area contributed by atoms with Crippen molar-refractivity contribution in [3.63, 3.8) is 0 Å². The van der Waals surface area contributed by atoms with Crippen LogP contribution in [0.15, 0.2) is 72.3 Å². The topological polar surface area (TPSA) is 95.5 Å². The van der Waals surface area contributed by atoms with Crippen molar-refractivity contribution in [3.8, 4) is 5.75 Å². The average Bonchev–Trinajstić information content (AvgIpc) is 3.37. The molecule has 0 saturated carbocycles. The number of H-pyrrole nitrogens is 1. The number of aryl methyl sites for hydroxylation is 1. The Labute approximate surface area is 200 Å². The fraction of sp³-hybridized carbons (Fsp3) is 0.115. The molecular weight excluding hydrogens is 454 g/mol. The van der Waals surface area contributed by atoms with Gasteiger partial charge in [0.05, 0.1) is 35.3 Å². The number of ether oxygens (including phenoxy) is 1. The van der Waals surface area contributed by atoms with Crippen molar-refractivity contribution < 1.29 is 19.4 Å². The Hall–Kier alpha value is -4.10. The lowest BCUT2D eigenvalue weighted by Gasteiger charge is -2.23. The van der Waals surface area contributed by atoms with Crippen molar-refractivity contribution in [3.05, 3.63) is 94.0 Å². The summed E-state index contributed by atoms with van der Waals surface area (Å²) in [5.74, 6) is -1.47. The molecule has 1 atom stereocenters. The van der Waals surface area contributed by atoms with Gasteiger partial charge in [-0.3, -0.25) is 14.5 Å². The summed E-state index contributed by atoms with van der Waals surface area (Å²) in [7, 11) is 1.45. The van der Waals surface area contributed by atoms with E-state index in [0.717, 1.165) is 11.1 Å². The van der Waals surface area contributed by atoms with E-state index in [1.54, 1.807) is 36.4 Å². The fourth-order valence-corrected chi connectivity index (χ4v) is 4.41. The maximum atomic E-state index is 13.3. The lowest BCUT2D eigenvalue weighted by Crippen LogP contribution is -2.30. The second kappa shape index (κ2) is 8.35. The van der Waals surface area contributed by atoms with E-state index in [-0.39, 0.29) is 22.8 Å². The number of anilines is 1. The maximum Gasteiger partial charge on any atom is 0.302 e. The molecule has 0 radical (unpaired) electrons. The maximum absolute atomic E-state index is 13.3. The quantitative estimate of drug-likeness (QED) is 0.242. The molecule has 1 aliphatic rings. The molecule has 5 rings (SSSR count). The number of carbonyl (C=O) groups excluding carboxylic acids is 2. The number of ketones is 1. The van der Waals surface area contributed by atoms with E-state index in [0.29, 0.717) is 21.9 Å². The minimum Gasteiger partial charge on any atom is -0.507 e. The van der Waals surface area contributed by atoms with Crippen LogP contribution in [0.2, 0.25) is 5.02 Å². The number of amides is 1. The van der Waals surface area contributed by atoms with Gasteiger partial charge in [0.25, 0.3) is 5.78 Å². The first-order chi connectivity index (χ1) is 16.4. The Balaban J connectivity index is 1.75. The van der Waals surface area contributed by atoms with Gasteiger partial charge in [-0.15, -0.1) is 0 Å².